The van der Waals surface area contributed by atoms with Crippen LogP contribution in [0.4, 0.5) is 0 Å². The van der Waals surface area contributed by atoms with Crippen molar-refractivity contribution in [1.82, 2.24) is 4.98 Å². The summed E-state index contributed by atoms with van der Waals surface area (Å²) in [7, 11) is 0. The van der Waals surface area contributed by atoms with Crippen molar-refractivity contribution in [3.8, 4) is 23.0 Å². The van der Waals surface area contributed by atoms with Crippen molar-refractivity contribution >= 4 is 0 Å². The monoisotopic (exact) mass is 203 g/mol. The molecule has 2 rings (SSSR count). The van der Waals surface area contributed by atoms with Crippen molar-refractivity contribution in [3.63, 3.8) is 0 Å². The number of aromatic hydroxyl groups is 2. The van der Waals surface area contributed by atoms with E-state index in [0.29, 0.717) is 5.75 Å². The molecule has 4 nitrogen and oxygen atoms in total. The third-order valence-electron chi connectivity index (χ3n) is 1.84. The third kappa shape index (κ3) is 1.99. The fourth-order valence-electron chi connectivity index (χ4n) is 1.13. The SMILES string of the molecule is Oc1cccc(Oc2cccnc2)c1O. The van der Waals surface area contributed by atoms with Crippen LogP contribution in [0.25, 0.3) is 0 Å². The Morgan fingerprint density at radius 1 is 1.07 bits per heavy atom. The Morgan fingerprint density at radius 2 is 1.93 bits per heavy atom. The molecule has 4 heteroatoms. The molecule has 0 fully saturated rings. The van der Waals surface area contributed by atoms with Gasteiger partial charge in [-0.3, -0.25) is 4.98 Å². The molecular weight excluding hydrogens is 194 g/mol. The van der Waals surface area contributed by atoms with E-state index in [1.165, 1.54) is 12.3 Å². The zero-order chi connectivity index (χ0) is 10.7. The van der Waals surface area contributed by atoms with Gasteiger partial charge in [0.25, 0.3) is 0 Å². The maximum atomic E-state index is 9.46. The van der Waals surface area contributed by atoms with Crippen molar-refractivity contribution in [2.45, 2.75) is 0 Å². The number of ether oxygens (including phenoxy) is 1. The van der Waals surface area contributed by atoms with Crippen molar-refractivity contribution in [2.24, 2.45) is 0 Å². The molecule has 0 unspecified atom stereocenters. The fraction of sp³-hybridized carbons (Fsp3) is 0. The molecule has 15 heavy (non-hydrogen) atoms. The van der Waals surface area contributed by atoms with Crippen LogP contribution in [0.2, 0.25) is 0 Å². The molecule has 0 bridgehead atoms. The van der Waals surface area contributed by atoms with Gasteiger partial charge < -0.3 is 14.9 Å². The zero-order valence-corrected chi connectivity index (χ0v) is 7.79. The third-order valence-corrected chi connectivity index (χ3v) is 1.84. The molecule has 0 aliphatic heterocycles. The molecule has 1 aromatic heterocycles. The Balaban J connectivity index is 2.29. The number of phenolic OH excluding ortho intramolecular Hbond substituents is 2. The van der Waals surface area contributed by atoms with E-state index in [2.05, 4.69) is 4.98 Å². The summed E-state index contributed by atoms with van der Waals surface area (Å²) in [5, 5.41) is 18.7. The summed E-state index contributed by atoms with van der Waals surface area (Å²) in [5.41, 5.74) is 0. The minimum Gasteiger partial charge on any atom is -0.504 e. The van der Waals surface area contributed by atoms with E-state index in [1.54, 1.807) is 30.5 Å². The number of hydrogen-bond acceptors (Lipinski definition) is 4. The molecule has 76 valence electrons. The first-order valence-electron chi connectivity index (χ1n) is 4.36. The Morgan fingerprint density at radius 3 is 2.67 bits per heavy atom. The lowest BCUT2D eigenvalue weighted by molar-refractivity contribution is 0.372. The van der Waals surface area contributed by atoms with Gasteiger partial charge in [0.2, 0.25) is 5.75 Å². The molecule has 0 radical (unpaired) electrons. The van der Waals surface area contributed by atoms with E-state index in [9.17, 15) is 10.2 Å². The van der Waals surface area contributed by atoms with E-state index in [4.69, 9.17) is 4.74 Å². The van der Waals surface area contributed by atoms with E-state index in [0.717, 1.165) is 0 Å². The van der Waals surface area contributed by atoms with Crippen molar-refractivity contribution < 1.29 is 14.9 Å². The smallest absolute Gasteiger partial charge is 0.201 e. The van der Waals surface area contributed by atoms with Crippen LogP contribution in [0, 0.1) is 0 Å². The van der Waals surface area contributed by atoms with Gasteiger partial charge in [-0.2, -0.15) is 0 Å². The van der Waals surface area contributed by atoms with Crippen LogP contribution in [0.1, 0.15) is 0 Å². The van der Waals surface area contributed by atoms with E-state index in [1.807, 2.05) is 0 Å². The lowest BCUT2D eigenvalue weighted by Gasteiger charge is -2.07. The average Bonchev–Trinajstić information content (AvgIpc) is 2.26. The summed E-state index contributed by atoms with van der Waals surface area (Å²) in [6.45, 7) is 0. The molecule has 0 amide bonds. The highest BCUT2D eigenvalue weighted by molar-refractivity contribution is 5.50. The predicted molar refractivity (Wildman–Crippen MR) is 54.1 cm³/mol. The summed E-state index contributed by atoms with van der Waals surface area (Å²) >= 11 is 0. The first-order chi connectivity index (χ1) is 7.27. The second-order valence-electron chi connectivity index (χ2n) is 2.91. The molecule has 0 aliphatic rings. The predicted octanol–water partition coefficient (Wildman–Crippen LogP) is 2.29. The highest BCUT2D eigenvalue weighted by Gasteiger charge is 2.07. The zero-order valence-electron chi connectivity index (χ0n) is 7.79. The minimum atomic E-state index is -0.277. The van der Waals surface area contributed by atoms with Gasteiger partial charge in [-0.05, 0) is 24.3 Å². The molecule has 0 spiro atoms. The van der Waals surface area contributed by atoms with Gasteiger partial charge >= 0.3 is 0 Å². The van der Waals surface area contributed by atoms with Crippen LogP contribution < -0.4 is 4.74 Å². The maximum Gasteiger partial charge on any atom is 0.201 e. The molecule has 0 aliphatic carbocycles. The molecule has 0 saturated heterocycles. The van der Waals surface area contributed by atoms with Crippen LogP contribution in [0.5, 0.6) is 23.0 Å². The van der Waals surface area contributed by atoms with Gasteiger partial charge in [-0.25, -0.2) is 0 Å². The Labute approximate surface area is 86.4 Å². The molecule has 2 aromatic rings. The van der Waals surface area contributed by atoms with Crippen molar-refractivity contribution in [2.75, 3.05) is 0 Å². The van der Waals surface area contributed by atoms with Gasteiger partial charge in [-0.15, -0.1) is 0 Å². The standard InChI is InChI=1S/C11H9NO3/c13-9-4-1-5-10(11(9)14)15-8-3-2-6-12-7-8/h1-7,13-14H. The first kappa shape index (κ1) is 9.33. The molecule has 1 aromatic carbocycles. The van der Waals surface area contributed by atoms with Gasteiger partial charge in [0.05, 0.1) is 6.20 Å². The number of rotatable bonds is 2. The van der Waals surface area contributed by atoms with E-state index < -0.39 is 0 Å². The molecule has 1 heterocycles. The van der Waals surface area contributed by atoms with Crippen molar-refractivity contribution in [3.05, 3.63) is 42.7 Å². The van der Waals surface area contributed by atoms with Gasteiger partial charge in [0, 0.05) is 6.20 Å². The van der Waals surface area contributed by atoms with Gasteiger partial charge in [0.1, 0.15) is 5.75 Å². The van der Waals surface area contributed by atoms with Gasteiger partial charge in [0.15, 0.2) is 11.5 Å². The van der Waals surface area contributed by atoms with E-state index >= 15 is 0 Å². The number of aromatic nitrogens is 1. The summed E-state index contributed by atoms with van der Waals surface area (Å²) in [6.07, 6.45) is 3.14. The lowest BCUT2D eigenvalue weighted by atomic mass is 10.3. The number of phenols is 2. The van der Waals surface area contributed by atoms with Crippen LogP contribution in [-0.4, -0.2) is 15.2 Å². The molecule has 2 N–H and O–H groups in total. The maximum absolute atomic E-state index is 9.46. The highest BCUT2D eigenvalue weighted by Crippen LogP contribution is 2.36. The number of benzene rings is 1. The number of hydrogen-bond donors (Lipinski definition) is 2. The fourth-order valence-corrected chi connectivity index (χ4v) is 1.13. The topological polar surface area (TPSA) is 62.6 Å². The molecule has 0 saturated carbocycles. The Bertz CT molecular complexity index is 457. The van der Waals surface area contributed by atoms with Crippen LogP contribution in [0.15, 0.2) is 42.7 Å². The van der Waals surface area contributed by atoms with Crippen LogP contribution in [-0.2, 0) is 0 Å². The largest absolute Gasteiger partial charge is 0.504 e. The second-order valence-corrected chi connectivity index (χ2v) is 2.91. The number of nitrogens with zero attached hydrogens (tertiary/aromatic N) is 1. The second kappa shape index (κ2) is 3.88. The number of pyridine rings is 1. The summed E-state index contributed by atoms with van der Waals surface area (Å²) in [6, 6.07) is 7.94. The normalized spacial score (nSPS) is 9.87. The highest BCUT2D eigenvalue weighted by atomic mass is 16.5. The van der Waals surface area contributed by atoms with Crippen LogP contribution in [0.3, 0.4) is 0 Å². The van der Waals surface area contributed by atoms with Crippen LogP contribution >= 0.6 is 0 Å². The number of para-hydroxylation sites is 1. The van der Waals surface area contributed by atoms with Crippen molar-refractivity contribution in [1.29, 1.82) is 0 Å². The molecule has 0 atom stereocenters. The minimum absolute atomic E-state index is 0.197. The van der Waals surface area contributed by atoms with Gasteiger partial charge in [-0.1, -0.05) is 6.07 Å². The lowest BCUT2D eigenvalue weighted by Crippen LogP contribution is -1.85. The average molecular weight is 203 g/mol. The summed E-state index contributed by atoms with van der Waals surface area (Å²) < 4.78 is 5.32. The molecular formula is C11H9NO3. The quantitative estimate of drug-likeness (QED) is 0.735. The summed E-state index contributed by atoms with van der Waals surface area (Å²) in [5.74, 6) is 0.208. The Hall–Kier alpha value is -2.23. The summed E-state index contributed by atoms with van der Waals surface area (Å²) in [4.78, 5) is 3.86. The van der Waals surface area contributed by atoms with E-state index in [-0.39, 0.29) is 17.2 Å². The Kier molecular flexibility index (Phi) is 2.41. The first-order valence-corrected chi connectivity index (χ1v) is 4.36.